The van der Waals surface area contributed by atoms with Crippen LogP contribution in [0.15, 0.2) is 47.4 Å². The summed E-state index contributed by atoms with van der Waals surface area (Å²) < 4.78 is 31.7. The number of halogens is 2. The molecule has 2 aromatic rings. The van der Waals surface area contributed by atoms with Gasteiger partial charge in [-0.3, -0.25) is 4.79 Å². The summed E-state index contributed by atoms with van der Waals surface area (Å²) in [5.41, 5.74) is 0.801. The molecule has 0 saturated carbocycles. The largest absolute Gasteiger partial charge is 0.495 e. The van der Waals surface area contributed by atoms with Crippen LogP contribution in [0.4, 0.5) is 0 Å². The van der Waals surface area contributed by atoms with Gasteiger partial charge >= 0.3 is 0 Å². The lowest BCUT2D eigenvalue weighted by Gasteiger charge is -2.27. The third-order valence-corrected chi connectivity index (χ3v) is 6.58. The minimum atomic E-state index is -3.70. The lowest BCUT2D eigenvalue weighted by molar-refractivity contribution is -0.116. The van der Waals surface area contributed by atoms with E-state index in [1.807, 2.05) is 13.8 Å². The van der Waals surface area contributed by atoms with Crippen molar-refractivity contribution in [2.75, 3.05) is 20.7 Å². The Morgan fingerprint density at radius 1 is 1.17 bits per heavy atom. The Bertz CT molecular complexity index is 1050. The van der Waals surface area contributed by atoms with Crippen LogP contribution in [-0.2, 0) is 20.2 Å². The van der Waals surface area contributed by atoms with E-state index in [0.29, 0.717) is 22.2 Å². The first-order valence-electron chi connectivity index (χ1n) is 9.04. The molecule has 0 radical (unpaired) electrons. The first-order chi connectivity index (χ1) is 14.0. The number of ether oxygens (including phenoxy) is 1. The van der Waals surface area contributed by atoms with E-state index in [1.165, 1.54) is 38.4 Å². The maximum Gasteiger partial charge on any atom is 0.244 e. The van der Waals surface area contributed by atoms with E-state index in [4.69, 9.17) is 27.9 Å². The van der Waals surface area contributed by atoms with Crippen LogP contribution in [0.5, 0.6) is 5.75 Å². The molecule has 0 aliphatic carbocycles. The van der Waals surface area contributed by atoms with Crippen molar-refractivity contribution in [2.45, 2.75) is 24.2 Å². The predicted octanol–water partition coefficient (Wildman–Crippen LogP) is 4.02. The monoisotopic (exact) mass is 470 g/mol. The Balaban J connectivity index is 2.14. The molecule has 0 bridgehead atoms. The van der Waals surface area contributed by atoms with Gasteiger partial charge in [-0.2, -0.15) is 0 Å². The van der Waals surface area contributed by atoms with Crippen molar-refractivity contribution < 1.29 is 17.9 Å². The standard InChI is InChI=1S/C21H24Cl2N2O4S/c1-21(2,20-15(22)6-5-7-16(20)23)13-25-19(26)11-9-14-8-10-17(29-4)18(12-14)30(27,28)24-3/h5-12,24H,13H2,1-4H3,(H,25,26). The third-order valence-electron chi connectivity index (χ3n) is 4.52. The van der Waals surface area contributed by atoms with Crippen LogP contribution in [0.25, 0.3) is 6.08 Å². The molecule has 0 saturated heterocycles. The number of carbonyl (C=O) groups is 1. The second kappa shape index (κ2) is 9.83. The zero-order chi connectivity index (χ0) is 22.5. The molecule has 0 atom stereocenters. The van der Waals surface area contributed by atoms with Crippen LogP contribution < -0.4 is 14.8 Å². The van der Waals surface area contributed by atoms with E-state index in [9.17, 15) is 13.2 Å². The van der Waals surface area contributed by atoms with Gasteiger partial charge in [-0.25, -0.2) is 13.1 Å². The van der Waals surface area contributed by atoms with E-state index < -0.39 is 15.4 Å². The summed E-state index contributed by atoms with van der Waals surface area (Å²) in [6.45, 7) is 4.17. The zero-order valence-corrected chi connectivity index (χ0v) is 19.5. The fourth-order valence-electron chi connectivity index (χ4n) is 2.89. The highest BCUT2D eigenvalue weighted by Gasteiger charge is 2.26. The molecule has 9 heteroatoms. The Morgan fingerprint density at radius 3 is 2.37 bits per heavy atom. The second-order valence-corrected chi connectivity index (χ2v) is 9.82. The van der Waals surface area contributed by atoms with Gasteiger partial charge in [0.1, 0.15) is 10.6 Å². The average Bonchev–Trinajstić information content (AvgIpc) is 2.70. The van der Waals surface area contributed by atoms with Crippen molar-refractivity contribution >= 4 is 45.2 Å². The molecule has 30 heavy (non-hydrogen) atoms. The smallest absolute Gasteiger partial charge is 0.244 e. The van der Waals surface area contributed by atoms with Gasteiger partial charge in [0.05, 0.1) is 7.11 Å². The van der Waals surface area contributed by atoms with Gasteiger partial charge in [0.15, 0.2) is 0 Å². The maximum atomic E-state index is 12.3. The molecule has 6 nitrogen and oxygen atoms in total. The lowest BCUT2D eigenvalue weighted by atomic mass is 9.84. The molecule has 0 unspecified atom stereocenters. The van der Waals surface area contributed by atoms with Crippen molar-refractivity contribution in [1.82, 2.24) is 10.0 Å². The normalized spacial score (nSPS) is 12.2. The van der Waals surface area contributed by atoms with Gasteiger partial charge in [0.25, 0.3) is 0 Å². The third kappa shape index (κ3) is 5.76. The predicted molar refractivity (Wildman–Crippen MR) is 121 cm³/mol. The summed E-state index contributed by atoms with van der Waals surface area (Å²) in [5, 5.41) is 3.90. The van der Waals surface area contributed by atoms with Crippen LogP contribution in [0.1, 0.15) is 25.0 Å². The van der Waals surface area contributed by atoms with Crippen molar-refractivity contribution in [3.8, 4) is 5.75 Å². The maximum absolute atomic E-state index is 12.3. The van der Waals surface area contributed by atoms with Crippen LogP contribution in [0.3, 0.4) is 0 Å². The number of hydrogen-bond acceptors (Lipinski definition) is 4. The fraction of sp³-hybridized carbons (Fsp3) is 0.286. The average molecular weight is 471 g/mol. The van der Waals surface area contributed by atoms with Crippen LogP contribution >= 0.6 is 23.2 Å². The van der Waals surface area contributed by atoms with Gasteiger partial charge in [-0.1, -0.05) is 49.2 Å². The first-order valence-corrected chi connectivity index (χ1v) is 11.3. The minimum absolute atomic E-state index is 0.00967. The summed E-state index contributed by atoms with van der Waals surface area (Å²) in [5.74, 6) is -0.121. The number of benzene rings is 2. The summed E-state index contributed by atoms with van der Waals surface area (Å²) in [6.07, 6.45) is 2.86. The van der Waals surface area contributed by atoms with Crippen molar-refractivity contribution in [1.29, 1.82) is 0 Å². The summed E-state index contributed by atoms with van der Waals surface area (Å²) >= 11 is 12.6. The molecular weight excluding hydrogens is 447 g/mol. The Labute approximate surface area is 187 Å². The van der Waals surface area contributed by atoms with Crippen LogP contribution in [0.2, 0.25) is 10.0 Å². The molecule has 0 fully saturated rings. The number of hydrogen-bond donors (Lipinski definition) is 2. The number of rotatable bonds is 8. The zero-order valence-electron chi connectivity index (χ0n) is 17.1. The van der Waals surface area contributed by atoms with Gasteiger partial charge in [0.2, 0.25) is 15.9 Å². The van der Waals surface area contributed by atoms with Crippen molar-refractivity contribution in [2.24, 2.45) is 0 Å². The molecule has 0 aliphatic heterocycles. The van der Waals surface area contributed by atoms with E-state index in [-0.39, 0.29) is 16.6 Å². The van der Waals surface area contributed by atoms with Crippen molar-refractivity contribution in [3.63, 3.8) is 0 Å². The summed E-state index contributed by atoms with van der Waals surface area (Å²) in [6, 6.07) is 9.90. The highest BCUT2D eigenvalue weighted by molar-refractivity contribution is 7.89. The number of nitrogens with one attached hydrogen (secondary N) is 2. The lowest BCUT2D eigenvalue weighted by Crippen LogP contribution is -2.36. The molecule has 0 heterocycles. The molecule has 2 aromatic carbocycles. The molecule has 2 rings (SSSR count). The van der Waals surface area contributed by atoms with Gasteiger partial charge in [-0.15, -0.1) is 0 Å². The number of carbonyl (C=O) groups excluding carboxylic acids is 1. The molecular formula is C21H24Cl2N2O4S. The highest BCUT2D eigenvalue weighted by Crippen LogP contribution is 2.35. The van der Waals surface area contributed by atoms with E-state index >= 15 is 0 Å². The van der Waals surface area contributed by atoms with E-state index in [0.717, 1.165) is 5.56 Å². The second-order valence-electron chi connectivity index (χ2n) is 7.15. The fourth-order valence-corrected chi connectivity index (χ4v) is 4.73. The number of methoxy groups -OCH3 is 1. The molecule has 1 amide bonds. The highest BCUT2D eigenvalue weighted by atomic mass is 35.5. The van der Waals surface area contributed by atoms with Crippen molar-refractivity contribution in [3.05, 3.63) is 63.6 Å². The van der Waals surface area contributed by atoms with Gasteiger partial charge < -0.3 is 10.1 Å². The number of sulfonamides is 1. The molecule has 0 aliphatic rings. The van der Waals surface area contributed by atoms with Gasteiger partial charge in [0, 0.05) is 28.1 Å². The Kier molecular flexibility index (Phi) is 7.93. The van der Waals surface area contributed by atoms with E-state index in [2.05, 4.69) is 10.0 Å². The van der Waals surface area contributed by atoms with Crippen LogP contribution in [-0.4, -0.2) is 35.0 Å². The Morgan fingerprint density at radius 2 is 1.80 bits per heavy atom. The SMILES string of the molecule is CNS(=O)(=O)c1cc(C=CC(=O)NCC(C)(C)c2c(Cl)cccc2Cl)ccc1OC. The molecule has 0 aromatic heterocycles. The molecule has 2 N–H and O–H groups in total. The summed E-state index contributed by atoms with van der Waals surface area (Å²) in [7, 11) is -0.999. The quantitative estimate of drug-likeness (QED) is 0.570. The van der Waals surface area contributed by atoms with Gasteiger partial charge in [-0.05, 0) is 48.5 Å². The van der Waals surface area contributed by atoms with Crippen LogP contribution in [0, 0.1) is 0 Å². The molecule has 162 valence electrons. The van der Waals surface area contributed by atoms with E-state index in [1.54, 1.807) is 24.3 Å². The topological polar surface area (TPSA) is 84.5 Å². The summed E-state index contributed by atoms with van der Waals surface area (Å²) in [4.78, 5) is 12.3. The minimum Gasteiger partial charge on any atom is -0.495 e. The Hall–Kier alpha value is -2.06. The first kappa shape index (κ1) is 24.2. The number of amides is 1. The molecule has 0 spiro atoms.